The fourth-order valence-electron chi connectivity index (χ4n) is 2.89. The minimum Gasteiger partial charge on any atom is -0.339 e. The lowest BCUT2D eigenvalue weighted by molar-refractivity contribution is 0.0722. The summed E-state index contributed by atoms with van der Waals surface area (Å²) in [6.07, 6.45) is 4.76. The molecule has 0 saturated carbocycles. The van der Waals surface area contributed by atoms with E-state index in [0.29, 0.717) is 11.1 Å². The molecule has 1 aliphatic heterocycles. The molecule has 2 heterocycles. The van der Waals surface area contributed by atoms with Gasteiger partial charge in [0.25, 0.3) is 5.91 Å². The number of aromatic nitrogens is 1. The van der Waals surface area contributed by atoms with E-state index >= 15 is 0 Å². The van der Waals surface area contributed by atoms with E-state index in [-0.39, 0.29) is 11.7 Å². The van der Waals surface area contributed by atoms with Gasteiger partial charge < -0.3 is 4.90 Å². The zero-order valence-electron chi connectivity index (χ0n) is 12.1. The van der Waals surface area contributed by atoms with Gasteiger partial charge in [0.05, 0.1) is 11.1 Å². The van der Waals surface area contributed by atoms with Crippen LogP contribution in [0.1, 0.15) is 46.9 Å². The van der Waals surface area contributed by atoms with Crippen LogP contribution in [0.2, 0.25) is 0 Å². The van der Waals surface area contributed by atoms with Gasteiger partial charge in [-0.2, -0.15) is 0 Å². The highest BCUT2D eigenvalue weighted by Gasteiger charge is 2.24. The molecule has 1 fully saturated rings. The van der Waals surface area contributed by atoms with Crippen LogP contribution in [-0.4, -0.2) is 34.7 Å². The smallest absolute Gasteiger partial charge is 0.255 e. The molecule has 4 heteroatoms. The number of pyridine rings is 1. The van der Waals surface area contributed by atoms with Gasteiger partial charge in [0.15, 0.2) is 5.78 Å². The van der Waals surface area contributed by atoms with E-state index < -0.39 is 0 Å². The number of amides is 1. The third-order valence-electron chi connectivity index (χ3n) is 4.01. The first-order valence-electron chi connectivity index (χ1n) is 7.36. The van der Waals surface area contributed by atoms with Crippen molar-refractivity contribution in [3.63, 3.8) is 0 Å². The maximum atomic E-state index is 12.9. The molecule has 1 aromatic carbocycles. The van der Waals surface area contributed by atoms with E-state index in [9.17, 15) is 9.59 Å². The number of ketones is 1. The molecule has 0 atom stereocenters. The molecule has 0 aliphatic carbocycles. The SMILES string of the molecule is CC(=O)c1cnc2ccccc2c1C(=O)N1CCCCC1. The molecule has 4 nitrogen and oxygen atoms in total. The zero-order valence-corrected chi connectivity index (χ0v) is 12.1. The summed E-state index contributed by atoms with van der Waals surface area (Å²) < 4.78 is 0. The predicted octanol–water partition coefficient (Wildman–Crippen LogP) is 3.06. The van der Waals surface area contributed by atoms with Crippen molar-refractivity contribution in [3.8, 4) is 0 Å². The molecular weight excluding hydrogens is 264 g/mol. The van der Waals surface area contributed by atoms with E-state index in [4.69, 9.17) is 0 Å². The Morgan fingerprint density at radius 3 is 2.52 bits per heavy atom. The number of hydrogen-bond donors (Lipinski definition) is 0. The second-order valence-corrected chi connectivity index (χ2v) is 5.47. The predicted molar refractivity (Wildman–Crippen MR) is 81.5 cm³/mol. The number of piperidine rings is 1. The van der Waals surface area contributed by atoms with Gasteiger partial charge in [0.1, 0.15) is 0 Å². The quantitative estimate of drug-likeness (QED) is 0.795. The molecule has 1 aromatic heterocycles. The maximum absolute atomic E-state index is 12.9. The standard InChI is InChI=1S/C17H18N2O2/c1-12(20)14-11-18-15-8-4-3-7-13(15)16(14)17(21)19-9-5-2-6-10-19/h3-4,7-8,11H,2,5-6,9-10H2,1H3. The van der Waals surface area contributed by atoms with Crippen LogP contribution in [0.3, 0.4) is 0 Å². The second kappa shape index (κ2) is 5.64. The summed E-state index contributed by atoms with van der Waals surface area (Å²) in [6.45, 7) is 3.03. The van der Waals surface area contributed by atoms with E-state index in [0.717, 1.165) is 36.8 Å². The van der Waals surface area contributed by atoms with Gasteiger partial charge in [-0.05, 0) is 32.3 Å². The molecular formula is C17H18N2O2. The Morgan fingerprint density at radius 1 is 1.10 bits per heavy atom. The minimum atomic E-state index is -0.117. The number of benzene rings is 1. The van der Waals surface area contributed by atoms with Crippen molar-refractivity contribution >= 4 is 22.6 Å². The number of carbonyl (C=O) groups is 2. The third kappa shape index (κ3) is 2.53. The van der Waals surface area contributed by atoms with Crippen molar-refractivity contribution in [3.05, 3.63) is 41.6 Å². The van der Waals surface area contributed by atoms with Gasteiger partial charge in [0, 0.05) is 30.2 Å². The number of hydrogen-bond acceptors (Lipinski definition) is 3. The third-order valence-corrected chi connectivity index (χ3v) is 4.01. The Hall–Kier alpha value is -2.23. The van der Waals surface area contributed by atoms with Crippen LogP contribution < -0.4 is 0 Å². The highest BCUT2D eigenvalue weighted by Crippen LogP contribution is 2.24. The number of nitrogens with zero attached hydrogens (tertiary/aromatic N) is 2. The molecule has 0 N–H and O–H groups in total. The molecule has 0 radical (unpaired) electrons. The molecule has 1 saturated heterocycles. The fraction of sp³-hybridized carbons (Fsp3) is 0.353. The monoisotopic (exact) mass is 282 g/mol. The first-order valence-corrected chi connectivity index (χ1v) is 7.36. The van der Waals surface area contributed by atoms with Gasteiger partial charge in [-0.25, -0.2) is 0 Å². The van der Waals surface area contributed by atoms with E-state index in [1.807, 2.05) is 29.2 Å². The van der Waals surface area contributed by atoms with E-state index in [1.165, 1.54) is 19.5 Å². The number of likely N-dealkylation sites (tertiary alicyclic amines) is 1. The second-order valence-electron chi connectivity index (χ2n) is 5.47. The molecule has 0 unspecified atom stereocenters. The molecule has 3 rings (SSSR count). The average molecular weight is 282 g/mol. The Kier molecular flexibility index (Phi) is 3.69. The van der Waals surface area contributed by atoms with Crippen LogP contribution in [-0.2, 0) is 0 Å². The Balaban J connectivity index is 2.15. The van der Waals surface area contributed by atoms with Gasteiger partial charge in [-0.1, -0.05) is 18.2 Å². The topological polar surface area (TPSA) is 50.3 Å². The number of para-hydroxylation sites is 1. The van der Waals surface area contributed by atoms with Crippen molar-refractivity contribution < 1.29 is 9.59 Å². The van der Waals surface area contributed by atoms with Crippen LogP contribution in [0, 0.1) is 0 Å². The van der Waals surface area contributed by atoms with Gasteiger partial charge in [0.2, 0.25) is 0 Å². The first-order chi connectivity index (χ1) is 10.2. The molecule has 0 spiro atoms. The first kappa shape index (κ1) is 13.7. The Morgan fingerprint density at radius 2 is 1.81 bits per heavy atom. The normalized spacial score (nSPS) is 15.2. The zero-order chi connectivity index (χ0) is 14.8. The highest BCUT2D eigenvalue weighted by molar-refractivity contribution is 6.14. The lowest BCUT2D eigenvalue weighted by atomic mass is 9.99. The number of fused-ring (bicyclic) bond motifs is 1. The average Bonchev–Trinajstić information content (AvgIpc) is 2.53. The Bertz CT molecular complexity index is 703. The maximum Gasteiger partial charge on any atom is 0.255 e. The van der Waals surface area contributed by atoms with Crippen LogP contribution in [0.25, 0.3) is 10.9 Å². The van der Waals surface area contributed by atoms with E-state index in [1.54, 1.807) is 0 Å². The van der Waals surface area contributed by atoms with Crippen molar-refractivity contribution in [2.45, 2.75) is 26.2 Å². The summed E-state index contributed by atoms with van der Waals surface area (Å²) in [5.74, 6) is -0.160. The van der Waals surface area contributed by atoms with Crippen LogP contribution in [0.15, 0.2) is 30.5 Å². The number of Topliss-reactive ketones (excluding diaryl/α,β-unsaturated/α-hetero) is 1. The molecule has 1 amide bonds. The van der Waals surface area contributed by atoms with Crippen molar-refractivity contribution in [1.82, 2.24) is 9.88 Å². The molecule has 21 heavy (non-hydrogen) atoms. The summed E-state index contributed by atoms with van der Waals surface area (Å²) >= 11 is 0. The van der Waals surface area contributed by atoms with Crippen LogP contribution in [0.5, 0.6) is 0 Å². The largest absolute Gasteiger partial charge is 0.339 e. The van der Waals surface area contributed by atoms with Gasteiger partial charge >= 0.3 is 0 Å². The molecule has 0 bridgehead atoms. The van der Waals surface area contributed by atoms with E-state index in [2.05, 4.69) is 4.98 Å². The number of carbonyl (C=O) groups excluding carboxylic acids is 2. The van der Waals surface area contributed by atoms with Crippen LogP contribution in [0.4, 0.5) is 0 Å². The summed E-state index contributed by atoms with van der Waals surface area (Å²) in [7, 11) is 0. The lowest BCUT2D eigenvalue weighted by Crippen LogP contribution is -2.36. The molecule has 2 aromatic rings. The fourth-order valence-corrected chi connectivity index (χ4v) is 2.89. The summed E-state index contributed by atoms with van der Waals surface area (Å²) in [6, 6.07) is 7.50. The van der Waals surface area contributed by atoms with Crippen LogP contribution >= 0.6 is 0 Å². The van der Waals surface area contributed by atoms with Gasteiger partial charge in [-0.3, -0.25) is 14.6 Å². The summed E-state index contributed by atoms with van der Waals surface area (Å²) in [4.78, 5) is 30.9. The lowest BCUT2D eigenvalue weighted by Gasteiger charge is -2.27. The molecule has 1 aliphatic rings. The Labute approximate surface area is 123 Å². The van der Waals surface area contributed by atoms with Gasteiger partial charge in [-0.15, -0.1) is 0 Å². The molecule has 108 valence electrons. The van der Waals surface area contributed by atoms with Crippen molar-refractivity contribution in [2.24, 2.45) is 0 Å². The minimum absolute atomic E-state index is 0.0431. The highest BCUT2D eigenvalue weighted by atomic mass is 16.2. The van der Waals surface area contributed by atoms with Crippen molar-refractivity contribution in [1.29, 1.82) is 0 Å². The summed E-state index contributed by atoms with van der Waals surface area (Å²) in [5.41, 5.74) is 1.68. The van der Waals surface area contributed by atoms with Crippen molar-refractivity contribution in [2.75, 3.05) is 13.1 Å². The number of rotatable bonds is 2. The summed E-state index contributed by atoms with van der Waals surface area (Å²) in [5, 5.41) is 0.765.